The van der Waals surface area contributed by atoms with Gasteiger partial charge in [0.1, 0.15) is 23.8 Å². The maximum Gasteiger partial charge on any atom is 0.302 e. The Kier molecular flexibility index (Phi) is 3.90. The molecule has 2 aromatic rings. The molecule has 0 fully saturated rings. The van der Waals surface area contributed by atoms with Gasteiger partial charge in [-0.15, -0.1) is 0 Å². The minimum Gasteiger partial charge on any atom is -0.361 e. The third kappa shape index (κ3) is 2.66. The van der Waals surface area contributed by atoms with Crippen LogP contribution < -0.4 is 0 Å². The summed E-state index contributed by atoms with van der Waals surface area (Å²) >= 11 is 0. The van der Waals surface area contributed by atoms with Gasteiger partial charge in [-0.25, -0.2) is 8.78 Å². The summed E-state index contributed by atoms with van der Waals surface area (Å²) in [7, 11) is 0. The third-order valence-corrected chi connectivity index (χ3v) is 5.25. The van der Waals surface area contributed by atoms with E-state index in [1.807, 2.05) is 0 Å². The van der Waals surface area contributed by atoms with Crippen LogP contribution in [0.15, 0.2) is 24.3 Å². The molecule has 2 aliphatic carbocycles. The van der Waals surface area contributed by atoms with Crippen molar-refractivity contribution in [3.05, 3.63) is 69.3 Å². The normalized spacial score (nSPS) is 24.7. The average Bonchev–Trinajstić information content (AvgIpc) is 2.89. The Balaban J connectivity index is 1.66. The van der Waals surface area contributed by atoms with Crippen molar-refractivity contribution < 1.29 is 31.1 Å². The first-order valence-electron chi connectivity index (χ1n) is 8.52. The molecule has 0 saturated carbocycles. The predicted octanol–water partition coefficient (Wildman–Crippen LogP) is 5.33. The molecule has 27 heavy (non-hydrogen) atoms. The molecule has 0 bridgehead atoms. The van der Waals surface area contributed by atoms with Crippen LogP contribution in [0.5, 0.6) is 0 Å². The van der Waals surface area contributed by atoms with Gasteiger partial charge in [0.15, 0.2) is 0 Å². The number of fused-ring (bicyclic) bond motifs is 2. The van der Waals surface area contributed by atoms with Crippen LogP contribution in [0.3, 0.4) is 0 Å². The monoisotopic (exact) mass is 386 g/mol. The summed E-state index contributed by atoms with van der Waals surface area (Å²) in [5.41, 5.74) is -0.609. The van der Waals surface area contributed by atoms with Gasteiger partial charge in [0.05, 0.1) is 11.1 Å². The van der Waals surface area contributed by atoms with Gasteiger partial charge in [-0.2, -0.15) is 17.6 Å². The van der Waals surface area contributed by atoms with Crippen molar-refractivity contribution in [3.8, 4) is 0 Å². The number of ether oxygens (including phenoxy) is 1. The summed E-state index contributed by atoms with van der Waals surface area (Å²) in [5.74, 6) is -9.65. The van der Waals surface area contributed by atoms with Crippen molar-refractivity contribution in [1.82, 2.24) is 0 Å². The highest BCUT2D eigenvalue weighted by molar-refractivity contribution is 5.43. The molecule has 2 atom stereocenters. The van der Waals surface area contributed by atoms with Gasteiger partial charge in [0.2, 0.25) is 0 Å². The second kappa shape index (κ2) is 5.74. The topological polar surface area (TPSA) is 9.23 Å². The van der Waals surface area contributed by atoms with Gasteiger partial charge >= 0.3 is 11.8 Å². The largest absolute Gasteiger partial charge is 0.361 e. The molecule has 0 radical (unpaired) electrons. The number of alkyl halides is 4. The minimum atomic E-state index is -3.74. The third-order valence-electron chi connectivity index (χ3n) is 5.25. The average molecular weight is 386 g/mol. The van der Waals surface area contributed by atoms with E-state index in [9.17, 15) is 26.3 Å². The molecule has 0 aromatic heterocycles. The molecule has 4 rings (SSSR count). The summed E-state index contributed by atoms with van der Waals surface area (Å²) in [4.78, 5) is 0. The molecular formula is C20H16F6O. The van der Waals surface area contributed by atoms with Crippen molar-refractivity contribution in [2.45, 2.75) is 50.7 Å². The van der Waals surface area contributed by atoms with Crippen molar-refractivity contribution in [2.75, 3.05) is 0 Å². The van der Waals surface area contributed by atoms with Crippen LogP contribution in [0.2, 0.25) is 0 Å². The zero-order valence-corrected chi connectivity index (χ0v) is 14.6. The summed E-state index contributed by atoms with van der Waals surface area (Å²) in [6, 6.07) is 4.76. The predicted molar refractivity (Wildman–Crippen MR) is 86.1 cm³/mol. The van der Waals surface area contributed by atoms with E-state index in [1.54, 1.807) is 13.8 Å². The highest BCUT2D eigenvalue weighted by Crippen LogP contribution is 2.50. The highest BCUT2D eigenvalue weighted by Gasteiger charge is 2.57. The number of rotatable bonds is 2. The maximum absolute atomic E-state index is 14.7. The quantitative estimate of drug-likeness (QED) is 0.634. The highest BCUT2D eigenvalue weighted by atomic mass is 19.3. The maximum atomic E-state index is 14.7. The van der Waals surface area contributed by atoms with Gasteiger partial charge in [0.25, 0.3) is 0 Å². The van der Waals surface area contributed by atoms with E-state index in [0.717, 1.165) is 12.1 Å². The molecule has 0 aliphatic heterocycles. The summed E-state index contributed by atoms with van der Waals surface area (Å²) in [6.45, 7) is 3.12. The van der Waals surface area contributed by atoms with Gasteiger partial charge in [-0.1, -0.05) is 12.1 Å². The molecule has 2 aliphatic rings. The zero-order valence-electron chi connectivity index (χ0n) is 14.6. The number of hydrogen-bond donors (Lipinski definition) is 0. The molecule has 144 valence electrons. The Morgan fingerprint density at radius 3 is 1.48 bits per heavy atom. The van der Waals surface area contributed by atoms with E-state index in [-0.39, 0.29) is 24.0 Å². The number of hydrogen-bond acceptors (Lipinski definition) is 1. The van der Waals surface area contributed by atoms with E-state index in [4.69, 9.17) is 4.74 Å². The fraction of sp³-hybridized carbons (Fsp3) is 0.400. The van der Waals surface area contributed by atoms with Crippen molar-refractivity contribution >= 4 is 0 Å². The molecule has 7 heteroatoms. The lowest BCUT2D eigenvalue weighted by molar-refractivity contribution is -0.209. The lowest BCUT2D eigenvalue weighted by Crippen LogP contribution is -2.39. The van der Waals surface area contributed by atoms with E-state index >= 15 is 0 Å². The fourth-order valence-corrected chi connectivity index (χ4v) is 4.14. The summed E-state index contributed by atoms with van der Waals surface area (Å²) < 4.78 is 92.0. The molecule has 2 aromatic carbocycles. The van der Waals surface area contributed by atoms with Crippen LogP contribution >= 0.6 is 0 Å². The lowest BCUT2D eigenvalue weighted by Gasteiger charge is -2.27. The first-order valence-corrected chi connectivity index (χ1v) is 8.52. The first kappa shape index (κ1) is 18.3. The van der Waals surface area contributed by atoms with Gasteiger partial charge in [0, 0.05) is 12.8 Å². The molecule has 0 amide bonds. The molecular weight excluding hydrogens is 370 g/mol. The number of halogens is 6. The van der Waals surface area contributed by atoms with E-state index in [1.165, 1.54) is 12.1 Å². The van der Waals surface area contributed by atoms with Crippen molar-refractivity contribution in [3.63, 3.8) is 0 Å². The molecule has 0 saturated heterocycles. The first-order chi connectivity index (χ1) is 12.5. The van der Waals surface area contributed by atoms with Crippen LogP contribution in [0, 0.1) is 25.5 Å². The smallest absolute Gasteiger partial charge is 0.302 e. The van der Waals surface area contributed by atoms with Crippen LogP contribution in [-0.4, -0.2) is 12.2 Å². The summed E-state index contributed by atoms with van der Waals surface area (Å²) in [5, 5.41) is 0. The lowest BCUT2D eigenvalue weighted by atomic mass is 10.1. The van der Waals surface area contributed by atoms with Crippen LogP contribution in [0.1, 0.15) is 33.4 Å². The second-order valence-corrected chi connectivity index (χ2v) is 7.33. The van der Waals surface area contributed by atoms with E-state index in [0.29, 0.717) is 11.1 Å². The van der Waals surface area contributed by atoms with Gasteiger partial charge in [-0.3, -0.25) is 0 Å². The molecule has 0 N–H and O–H groups in total. The van der Waals surface area contributed by atoms with Crippen molar-refractivity contribution in [2.24, 2.45) is 0 Å². The van der Waals surface area contributed by atoms with Crippen molar-refractivity contribution in [1.29, 1.82) is 0 Å². The number of benzene rings is 2. The standard InChI is InChI=1S/C20H16F6O/c1-9-3-11-7-15(19(23,24)17(11)13(21)5-9)27-16-8-12-4-10(2)6-14(22)18(12)20(16,25)26/h3-6,15-16H,7-8H2,1-2H3. The van der Waals surface area contributed by atoms with Crippen LogP contribution in [0.4, 0.5) is 26.3 Å². The molecule has 0 heterocycles. The Morgan fingerprint density at radius 1 is 0.741 bits per heavy atom. The summed E-state index contributed by atoms with van der Waals surface area (Å²) in [6.07, 6.45) is -4.63. The van der Waals surface area contributed by atoms with Gasteiger partial charge in [-0.05, 0) is 48.2 Å². The van der Waals surface area contributed by atoms with Crippen LogP contribution in [-0.2, 0) is 29.4 Å². The Labute approximate surface area is 152 Å². The fourth-order valence-electron chi connectivity index (χ4n) is 4.14. The Bertz CT molecular complexity index is 861. The van der Waals surface area contributed by atoms with E-state index in [2.05, 4.69) is 0 Å². The second-order valence-electron chi connectivity index (χ2n) is 7.33. The van der Waals surface area contributed by atoms with Gasteiger partial charge < -0.3 is 4.74 Å². The SMILES string of the molecule is Cc1cc(F)c2c(c1)CC(OC1Cc3cc(C)cc(F)c3C1(F)F)C2(F)F. The Hall–Kier alpha value is -2.02. The van der Waals surface area contributed by atoms with E-state index < -0.39 is 46.8 Å². The minimum absolute atomic E-state index is 0.0448. The van der Waals surface area contributed by atoms with Crippen LogP contribution in [0.25, 0.3) is 0 Å². The molecule has 2 unspecified atom stereocenters. The molecule has 0 spiro atoms. The zero-order chi connectivity index (χ0) is 19.7. The Morgan fingerprint density at radius 2 is 1.11 bits per heavy atom. The molecule has 1 nitrogen and oxygen atoms in total. The number of aryl methyl sites for hydroxylation is 2.